The summed E-state index contributed by atoms with van der Waals surface area (Å²) in [6, 6.07) is 4.62. The second-order valence-corrected chi connectivity index (χ2v) is 9.05. The van der Waals surface area contributed by atoms with Crippen LogP contribution >= 0.6 is 11.6 Å². The maximum absolute atomic E-state index is 14.5. The molecule has 0 bridgehead atoms. The van der Waals surface area contributed by atoms with Gasteiger partial charge in [-0.3, -0.25) is 0 Å². The molecule has 0 amide bonds. The fourth-order valence-electron chi connectivity index (χ4n) is 4.38. The Morgan fingerprint density at radius 1 is 1.12 bits per heavy atom. The summed E-state index contributed by atoms with van der Waals surface area (Å²) in [5.41, 5.74) is 1.49. The smallest absolute Gasteiger partial charge is 0.296 e. The van der Waals surface area contributed by atoms with Gasteiger partial charge in [-0.2, -0.15) is 4.98 Å². The zero-order chi connectivity index (χ0) is 22.7. The van der Waals surface area contributed by atoms with Crippen molar-refractivity contribution in [3.8, 4) is 6.01 Å². The van der Waals surface area contributed by atoms with Crippen LogP contribution in [0.5, 0.6) is 6.01 Å². The summed E-state index contributed by atoms with van der Waals surface area (Å²) in [5, 5.41) is 13.0. The lowest BCUT2D eigenvalue weighted by atomic mass is 10.1. The van der Waals surface area contributed by atoms with Gasteiger partial charge >= 0.3 is 0 Å². The highest BCUT2D eigenvalue weighted by molar-refractivity contribution is 6.33. The van der Waals surface area contributed by atoms with Gasteiger partial charge in [0.2, 0.25) is 0 Å². The minimum absolute atomic E-state index is 0.0713. The van der Waals surface area contributed by atoms with Crippen LogP contribution < -0.4 is 10.1 Å². The van der Waals surface area contributed by atoms with Crippen molar-refractivity contribution in [3.05, 3.63) is 46.0 Å². The standard InChI is InChI=1S/C22H21ClF2N4O4/c23-12-5-15-21(29-22(27-15)33-17-8-32-18-16(30)7-31-19(17)18)28-20(12)26-6-11-13(24)3-10(4-14(11)25)9-1-2-9/h3-5,9,16-19,30H,1-2,6-8H2,(H2,26,27,28,29)/t16-,17-,18-,19-/m1/s1. The summed E-state index contributed by atoms with van der Waals surface area (Å²) >= 11 is 6.32. The average Bonchev–Trinajstić information content (AvgIpc) is 3.30. The highest BCUT2D eigenvalue weighted by atomic mass is 35.5. The molecule has 3 aromatic rings. The van der Waals surface area contributed by atoms with E-state index in [1.54, 1.807) is 6.07 Å². The van der Waals surface area contributed by atoms with E-state index in [-0.39, 0.29) is 54.2 Å². The van der Waals surface area contributed by atoms with E-state index in [0.717, 1.165) is 12.8 Å². The molecule has 4 atom stereocenters. The van der Waals surface area contributed by atoms with Crippen LogP contribution in [-0.2, 0) is 16.0 Å². The Bertz CT molecular complexity index is 1200. The van der Waals surface area contributed by atoms with Gasteiger partial charge in [0.15, 0.2) is 11.8 Å². The molecule has 8 nitrogen and oxygen atoms in total. The fourth-order valence-corrected chi connectivity index (χ4v) is 4.60. The lowest BCUT2D eigenvalue weighted by Crippen LogP contribution is -2.34. The number of benzene rings is 1. The maximum Gasteiger partial charge on any atom is 0.296 e. The van der Waals surface area contributed by atoms with Gasteiger partial charge in [0.25, 0.3) is 6.01 Å². The third-order valence-corrected chi connectivity index (χ3v) is 6.58. The van der Waals surface area contributed by atoms with Crippen LogP contribution in [-0.4, -0.2) is 57.7 Å². The van der Waals surface area contributed by atoms with E-state index in [0.29, 0.717) is 16.7 Å². The molecule has 2 aromatic heterocycles. The molecule has 0 unspecified atom stereocenters. The molecular weight excluding hydrogens is 458 g/mol. The number of fused-ring (bicyclic) bond motifs is 2. The highest BCUT2D eigenvalue weighted by Crippen LogP contribution is 2.41. The minimum atomic E-state index is -0.673. The van der Waals surface area contributed by atoms with Gasteiger partial charge in [0.05, 0.1) is 23.8 Å². The number of nitrogens with one attached hydrogen (secondary N) is 2. The Morgan fingerprint density at radius 2 is 1.88 bits per heavy atom. The second kappa shape index (κ2) is 8.05. The SMILES string of the molecule is O[C@@H]1CO[C@H]2[C@@H]1OC[C@H]2Oc1nc2nc(NCc3c(F)cc(C4CC4)cc3F)c(Cl)cc2[nH]1. The van der Waals surface area contributed by atoms with E-state index in [1.807, 2.05) is 0 Å². The Labute approximate surface area is 192 Å². The molecule has 33 heavy (non-hydrogen) atoms. The van der Waals surface area contributed by atoms with Crippen molar-refractivity contribution in [1.29, 1.82) is 0 Å². The molecule has 3 fully saturated rings. The Hall–Kier alpha value is -2.53. The maximum atomic E-state index is 14.5. The van der Waals surface area contributed by atoms with E-state index in [4.69, 9.17) is 25.8 Å². The van der Waals surface area contributed by atoms with Crippen LogP contribution in [0.4, 0.5) is 14.6 Å². The molecule has 0 spiro atoms. The Morgan fingerprint density at radius 3 is 2.64 bits per heavy atom. The van der Waals surface area contributed by atoms with Gasteiger partial charge < -0.3 is 29.6 Å². The van der Waals surface area contributed by atoms with Crippen LogP contribution in [0.25, 0.3) is 11.2 Å². The molecule has 0 radical (unpaired) electrons. The summed E-state index contributed by atoms with van der Waals surface area (Å²) in [4.78, 5) is 11.7. The summed E-state index contributed by atoms with van der Waals surface area (Å²) in [7, 11) is 0. The monoisotopic (exact) mass is 478 g/mol. The summed E-state index contributed by atoms with van der Waals surface area (Å²) in [6.07, 6.45) is 0.0448. The molecule has 174 valence electrons. The first kappa shape index (κ1) is 21.0. The molecule has 6 rings (SSSR count). The van der Waals surface area contributed by atoms with Crippen molar-refractivity contribution < 1.29 is 28.1 Å². The van der Waals surface area contributed by atoms with E-state index in [2.05, 4.69) is 20.3 Å². The van der Waals surface area contributed by atoms with Crippen molar-refractivity contribution in [2.45, 2.75) is 49.7 Å². The predicted octanol–water partition coefficient (Wildman–Crippen LogP) is 3.28. The number of hydrogen-bond donors (Lipinski definition) is 3. The van der Waals surface area contributed by atoms with Gasteiger partial charge in [-0.15, -0.1) is 0 Å². The number of aromatic nitrogens is 3. The van der Waals surface area contributed by atoms with Crippen molar-refractivity contribution in [1.82, 2.24) is 15.0 Å². The number of hydrogen-bond acceptors (Lipinski definition) is 7. The normalized spacial score (nSPS) is 26.7. The number of nitrogens with zero attached hydrogens (tertiary/aromatic N) is 2. The summed E-state index contributed by atoms with van der Waals surface area (Å²) in [6.45, 7) is 0.351. The summed E-state index contributed by atoms with van der Waals surface area (Å²) < 4.78 is 45.9. The van der Waals surface area contributed by atoms with E-state index in [1.165, 1.54) is 12.1 Å². The second-order valence-electron chi connectivity index (χ2n) is 8.64. The molecule has 4 heterocycles. The average molecular weight is 479 g/mol. The van der Waals surface area contributed by atoms with Crippen LogP contribution in [0.3, 0.4) is 0 Å². The molecule has 2 aliphatic heterocycles. The van der Waals surface area contributed by atoms with Gasteiger partial charge in [-0.05, 0) is 42.5 Å². The number of rotatable bonds is 6. The van der Waals surface area contributed by atoms with Gasteiger partial charge in [0.1, 0.15) is 35.8 Å². The number of aromatic amines is 1. The van der Waals surface area contributed by atoms with Crippen LogP contribution in [0, 0.1) is 11.6 Å². The van der Waals surface area contributed by atoms with Crippen molar-refractivity contribution >= 4 is 28.6 Å². The number of halogens is 3. The Kier molecular flexibility index (Phi) is 5.13. The first-order valence-electron chi connectivity index (χ1n) is 10.8. The van der Waals surface area contributed by atoms with Crippen molar-refractivity contribution in [3.63, 3.8) is 0 Å². The van der Waals surface area contributed by atoms with Gasteiger partial charge in [0, 0.05) is 12.1 Å². The molecule has 1 aromatic carbocycles. The van der Waals surface area contributed by atoms with E-state index >= 15 is 0 Å². The lowest BCUT2D eigenvalue weighted by Gasteiger charge is -2.15. The number of pyridine rings is 1. The summed E-state index contributed by atoms with van der Waals surface area (Å²) in [5.74, 6) is -0.668. The topological polar surface area (TPSA) is 102 Å². The lowest BCUT2D eigenvalue weighted by molar-refractivity contribution is 0.00706. The van der Waals surface area contributed by atoms with Gasteiger partial charge in [-0.25, -0.2) is 13.8 Å². The third-order valence-electron chi connectivity index (χ3n) is 6.29. The van der Waals surface area contributed by atoms with Crippen LogP contribution in [0.2, 0.25) is 5.02 Å². The molecule has 3 N–H and O–H groups in total. The third kappa shape index (κ3) is 3.90. The fraction of sp³-hybridized carbons (Fsp3) is 0.455. The highest BCUT2D eigenvalue weighted by Gasteiger charge is 2.48. The number of aliphatic hydroxyl groups excluding tert-OH is 1. The molecular formula is C22H21ClF2N4O4. The molecule has 1 aliphatic carbocycles. The Balaban J connectivity index is 1.18. The minimum Gasteiger partial charge on any atom is -0.456 e. The molecule has 11 heteroatoms. The number of anilines is 1. The molecule has 1 saturated carbocycles. The largest absolute Gasteiger partial charge is 0.456 e. The number of imidazole rings is 1. The van der Waals surface area contributed by atoms with Crippen LogP contribution in [0.1, 0.15) is 29.9 Å². The van der Waals surface area contributed by atoms with E-state index < -0.39 is 29.9 Å². The number of H-pyrrole nitrogens is 1. The van der Waals surface area contributed by atoms with Gasteiger partial charge in [-0.1, -0.05) is 11.6 Å². The quantitative estimate of drug-likeness (QED) is 0.499. The number of ether oxygens (including phenoxy) is 3. The first-order valence-corrected chi connectivity index (χ1v) is 11.2. The predicted molar refractivity (Wildman–Crippen MR) is 114 cm³/mol. The van der Waals surface area contributed by atoms with Crippen molar-refractivity contribution in [2.75, 3.05) is 18.5 Å². The van der Waals surface area contributed by atoms with E-state index in [9.17, 15) is 13.9 Å². The van der Waals surface area contributed by atoms with Crippen LogP contribution in [0.15, 0.2) is 18.2 Å². The first-order chi connectivity index (χ1) is 16.0. The zero-order valence-corrected chi connectivity index (χ0v) is 18.1. The molecule has 2 saturated heterocycles. The van der Waals surface area contributed by atoms with Crippen molar-refractivity contribution in [2.24, 2.45) is 0 Å². The number of aliphatic hydroxyl groups is 1. The molecule has 3 aliphatic rings. The zero-order valence-electron chi connectivity index (χ0n) is 17.4.